The molecule has 3 heterocycles. The van der Waals surface area contributed by atoms with Crippen LogP contribution in [0.5, 0.6) is 11.6 Å². The van der Waals surface area contributed by atoms with Crippen LogP contribution < -0.4 is 9.16 Å². The van der Waals surface area contributed by atoms with Gasteiger partial charge in [0.15, 0.2) is 6.23 Å². The summed E-state index contributed by atoms with van der Waals surface area (Å²) in [6, 6.07) is 6.19. The summed E-state index contributed by atoms with van der Waals surface area (Å²) in [7, 11) is -2.03. The molecule has 1 aliphatic heterocycles. The summed E-state index contributed by atoms with van der Waals surface area (Å²) < 4.78 is 26.3. The Balaban J connectivity index is 1.63. The van der Waals surface area contributed by atoms with Crippen molar-refractivity contribution in [2.24, 2.45) is 0 Å². The minimum absolute atomic E-state index is 0.0826. The smallest absolute Gasteiger partial charge is 0.250 e. The lowest BCUT2D eigenvalue weighted by Crippen LogP contribution is -2.43. The quantitative estimate of drug-likeness (QED) is 0.282. The van der Waals surface area contributed by atoms with Gasteiger partial charge in [0.05, 0.1) is 30.1 Å². The molecule has 0 aliphatic carbocycles. The van der Waals surface area contributed by atoms with Gasteiger partial charge in [0.1, 0.15) is 23.7 Å². The van der Waals surface area contributed by atoms with Crippen LogP contribution >= 0.6 is 0 Å². The second-order valence-corrected chi connectivity index (χ2v) is 16.8. The lowest BCUT2D eigenvalue weighted by molar-refractivity contribution is -0.0365. The molecule has 2 aromatic heterocycles. The largest absolute Gasteiger partial charge is 0.543 e. The van der Waals surface area contributed by atoms with Crippen LogP contribution in [-0.2, 0) is 9.47 Å². The fourth-order valence-corrected chi connectivity index (χ4v) is 5.20. The molecule has 10 heteroatoms. The molecule has 0 spiro atoms. The summed E-state index contributed by atoms with van der Waals surface area (Å²) in [6.07, 6.45) is 6.34. The number of benzene rings is 1. The Morgan fingerprint density at radius 3 is 2.67 bits per heavy atom. The number of fused-ring (bicyclic) bond motifs is 1. The average Bonchev–Trinajstić information content (AvgIpc) is 3.26. The van der Waals surface area contributed by atoms with Crippen LogP contribution in [0.2, 0.25) is 18.1 Å². The third kappa shape index (κ3) is 7.36. The second-order valence-electron chi connectivity index (χ2n) is 12.0. The van der Waals surface area contributed by atoms with E-state index in [1.165, 1.54) is 0 Å². The molecule has 3 atom stereocenters. The van der Waals surface area contributed by atoms with Gasteiger partial charge in [-0.25, -0.2) is 9.67 Å². The molecule has 39 heavy (non-hydrogen) atoms. The first-order valence-corrected chi connectivity index (χ1v) is 16.9. The van der Waals surface area contributed by atoms with Crippen molar-refractivity contribution in [2.45, 2.75) is 96.9 Å². The van der Waals surface area contributed by atoms with Gasteiger partial charge in [-0.15, -0.1) is 0 Å². The van der Waals surface area contributed by atoms with Crippen LogP contribution in [0.25, 0.3) is 22.3 Å². The Hall–Kier alpha value is -2.53. The molecule has 1 saturated heterocycles. The van der Waals surface area contributed by atoms with Gasteiger partial charge in [0, 0.05) is 18.6 Å². The van der Waals surface area contributed by atoms with Crippen molar-refractivity contribution < 1.29 is 23.7 Å². The van der Waals surface area contributed by atoms with Crippen LogP contribution in [0.1, 0.15) is 66.5 Å². The Morgan fingerprint density at radius 2 is 1.97 bits per heavy atom. The number of hydrogen-bond acceptors (Lipinski definition) is 8. The van der Waals surface area contributed by atoms with Crippen molar-refractivity contribution >= 4 is 19.2 Å². The van der Waals surface area contributed by atoms with E-state index in [1.54, 1.807) is 19.3 Å². The predicted molar refractivity (Wildman–Crippen MR) is 155 cm³/mol. The van der Waals surface area contributed by atoms with Crippen molar-refractivity contribution in [1.82, 2.24) is 19.7 Å². The van der Waals surface area contributed by atoms with Gasteiger partial charge < -0.3 is 23.7 Å². The summed E-state index contributed by atoms with van der Waals surface area (Å²) in [6.45, 7) is 16.4. The minimum atomic E-state index is -2.03. The van der Waals surface area contributed by atoms with Gasteiger partial charge in [-0.2, -0.15) is 5.10 Å². The van der Waals surface area contributed by atoms with Crippen LogP contribution in [0, 0.1) is 0 Å². The molecule has 0 radical (unpaired) electrons. The van der Waals surface area contributed by atoms with Gasteiger partial charge in [-0.3, -0.25) is 4.98 Å². The van der Waals surface area contributed by atoms with Crippen molar-refractivity contribution in [3.8, 4) is 23.0 Å². The summed E-state index contributed by atoms with van der Waals surface area (Å²) in [5.74, 6) is 1.24. The SMILES string of the molecule is CC(O)CCOC(C)COc1cncc(-c2nn(C3CCCCO3)c3ccc(O[Si](C)(C)C(C)(C)C)cc23)n1. The van der Waals surface area contributed by atoms with Gasteiger partial charge in [0.25, 0.3) is 0 Å². The summed E-state index contributed by atoms with van der Waals surface area (Å²) in [5, 5.41) is 15.5. The van der Waals surface area contributed by atoms with E-state index >= 15 is 0 Å². The maximum atomic E-state index is 9.43. The third-order valence-corrected chi connectivity index (χ3v) is 11.9. The monoisotopic (exact) mass is 556 g/mol. The number of aliphatic hydroxyl groups excluding tert-OH is 1. The van der Waals surface area contributed by atoms with Crippen molar-refractivity contribution in [3.63, 3.8) is 0 Å². The molecule has 3 unspecified atom stereocenters. The van der Waals surface area contributed by atoms with E-state index in [0.29, 0.717) is 31.2 Å². The van der Waals surface area contributed by atoms with Crippen LogP contribution in [-0.4, -0.2) is 65.2 Å². The van der Waals surface area contributed by atoms with E-state index in [2.05, 4.69) is 51.0 Å². The van der Waals surface area contributed by atoms with Gasteiger partial charge in [-0.1, -0.05) is 20.8 Å². The highest BCUT2D eigenvalue weighted by Gasteiger charge is 2.39. The molecule has 1 N–H and O–H groups in total. The van der Waals surface area contributed by atoms with E-state index in [0.717, 1.165) is 48.2 Å². The Bertz CT molecular complexity index is 1230. The van der Waals surface area contributed by atoms with Gasteiger partial charge in [0.2, 0.25) is 14.2 Å². The highest BCUT2D eigenvalue weighted by atomic mass is 28.4. The number of nitrogens with zero attached hydrogens (tertiary/aromatic N) is 4. The molecular weight excluding hydrogens is 512 g/mol. The highest BCUT2D eigenvalue weighted by molar-refractivity contribution is 6.74. The van der Waals surface area contributed by atoms with Crippen molar-refractivity contribution in [3.05, 3.63) is 30.6 Å². The van der Waals surface area contributed by atoms with Crippen LogP contribution in [0.3, 0.4) is 0 Å². The lowest BCUT2D eigenvalue weighted by atomic mass is 10.1. The highest BCUT2D eigenvalue weighted by Crippen LogP contribution is 2.39. The average molecular weight is 557 g/mol. The zero-order valence-electron chi connectivity index (χ0n) is 24.4. The molecule has 9 nitrogen and oxygen atoms in total. The van der Waals surface area contributed by atoms with Crippen molar-refractivity contribution in [2.75, 3.05) is 19.8 Å². The fourth-order valence-electron chi connectivity index (χ4n) is 4.18. The van der Waals surface area contributed by atoms with E-state index in [9.17, 15) is 5.11 Å². The maximum absolute atomic E-state index is 9.43. The van der Waals surface area contributed by atoms with E-state index < -0.39 is 8.32 Å². The predicted octanol–water partition coefficient (Wildman–Crippen LogP) is 6.13. The first-order valence-electron chi connectivity index (χ1n) is 14.0. The molecule has 0 amide bonds. The molecular formula is C29H44N4O5Si. The first-order chi connectivity index (χ1) is 18.4. The molecule has 1 aliphatic rings. The third-order valence-electron chi connectivity index (χ3n) is 7.54. The standard InChI is InChI=1S/C29H44N4O5Si/c1-20(34)13-15-35-21(2)19-37-26-18-30-17-24(31-26)28-23-16-22(38-39(6,7)29(3,4)5)11-12-25(23)33(32-28)27-10-8-9-14-36-27/h11-12,16-18,20-21,27,34H,8-10,13-15,19H2,1-7H3. The molecule has 3 aromatic rings. The fraction of sp³-hybridized carbons (Fsp3) is 0.621. The molecule has 4 rings (SSSR count). The number of rotatable bonds is 11. The number of aliphatic hydroxyl groups is 1. The summed E-state index contributed by atoms with van der Waals surface area (Å²) >= 11 is 0. The summed E-state index contributed by atoms with van der Waals surface area (Å²) in [5.41, 5.74) is 2.32. The van der Waals surface area contributed by atoms with E-state index in [-0.39, 0.29) is 23.5 Å². The summed E-state index contributed by atoms with van der Waals surface area (Å²) in [4.78, 5) is 9.15. The molecule has 214 valence electrons. The molecule has 0 saturated carbocycles. The normalized spacial score (nSPS) is 18.2. The Kier molecular flexibility index (Phi) is 9.31. The zero-order chi connectivity index (χ0) is 28.2. The topological polar surface area (TPSA) is 101 Å². The van der Waals surface area contributed by atoms with Crippen molar-refractivity contribution in [1.29, 1.82) is 0 Å². The lowest BCUT2D eigenvalue weighted by Gasteiger charge is -2.36. The maximum Gasteiger partial charge on any atom is 0.250 e. The number of aromatic nitrogens is 4. The number of hydrogen-bond donors (Lipinski definition) is 1. The Morgan fingerprint density at radius 1 is 1.18 bits per heavy atom. The van der Waals surface area contributed by atoms with E-state index in [4.69, 9.17) is 28.7 Å². The molecule has 1 fully saturated rings. The second kappa shape index (κ2) is 12.3. The zero-order valence-corrected chi connectivity index (χ0v) is 25.4. The van der Waals surface area contributed by atoms with E-state index in [1.807, 2.05) is 17.7 Å². The Labute approximate surface area is 233 Å². The molecule has 1 aromatic carbocycles. The van der Waals surface area contributed by atoms with Crippen LogP contribution in [0.15, 0.2) is 30.6 Å². The molecule has 0 bridgehead atoms. The van der Waals surface area contributed by atoms with Gasteiger partial charge >= 0.3 is 0 Å². The number of ether oxygens (including phenoxy) is 3. The minimum Gasteiger partial charge on any atom is -0.543 e. The van der Waals surface area contributed by atoms with Gasteiger partial charge in [-0.05, 0) is 75.9 Å². The van der Waals surface area contributed by atoms with Crippen LogP contribution in [0.4, 0.5) is 0 Å². The first kappa shape index (κ1) is 29.4.